The largest absolute Gasteiger partial charge is 0.398 e. The first-order valence-corrected chi connectivity index (χ1v) is 7.12. The fourth-order valence-electron chi connectivity index (χ4n) is 2.32. The molecule has 0 bridgehead atoms. The van der Waals surface area contributed by atoms with E-state index in [1.165, 1.54) is 43.4 Å². The first-order chi connectivity index (χ1) is 8.16. The summed E-state index contributed by atoms with van der Waals surface area (Å²) in [6.07, 6.45) is 6.49. The summed E-state index contributed by atoms with van der Waals surface area (Å²) in [6, 6.07) is 1.77. The van der Waals surface area contributed by atoms with Crippen LogP contribution in [-0.2, 0) is 0 Å². The molecule has 1 fully saturated rings. The molecule has 0 atom stereocenters. The van der Waals surface area contributed by atoms with Crippen molar-refractivity contribution in [1.29, 1.82) is 0 Å². The van der Waals surface area contributed by atoms with Gasteiger partial charge < -0.3 is 11.1 Å². The summed E-state index contributed by atoms with van der Waals surface area (Å²) in [5.41, 5.74) is 6.47. The van der Waals surface area contributed by atoms with E-state index >= 15 is 0 Å². The zero-order valence-corrected chi connectivity index (χ0v) is 11.1. The van der Waals surface area contributed by atoms with E-state index in [0.29, 0.717) is 5.92 Å². The second-order valence-corrected chi connectivity index (χ2v) is 6.09. The van der Waals surface area contributed by atoms with Crippen LogP contribution in [0.3, 0.4) is 0 Å². The molecule has 1 aromatic heterocycles. The Morgan fingerprint density at radius 3 is 2.76 bits per heavy atom. The minimum atomic E-state index is 0.0281. The van der Waals surface area contributed by atoms with Crippen LogP contribution in [0.5, 0.6) is 0 Å². The maximum absolute atomic E-state index is 11.9. The van der Waals surface area contributed by atoms with Gasteiger partial charge in [0.05, 0.1) is 4.88 Å². The van der Waals surface area contributed by atoms with Crippen molar-refractivity contribution >= 4 is 22.9 Å². The fourth-order valence-corrected chi connectivity index (χ4v) is 3.18. The van der Waals surface area contributed by atoms with E-state index < -0.39 is 0 Å². The Labute approximate surface area is 106 Å². The summed E-state index contributed by atoms with van der Waals surface area (Å²) in [5.74, 6) is 0.700. The summed E-state index contributed by atoms with van der Waals surface area (Å²) in [6.45, 7) is 2.76. The van der Waals surface area contributed by atoms with Gasteiger partial charge in [-0.2, -0.15) is 0 Å². The number of thiophene rings is 1. The van der Waals surface area contributed by atoms with E-state index in [0.717, 1.165) is 22.0 Å². The van der Waals surface area contributed by atoms with Crippen LogP contribution in [0.15, 0.2) is 6.07 Å². The normalized spacial score (nSPS) is 17.0. The van der Waals surface area contributed by atoms with Crippen molar-refractivity contribution in [2.75, 3.05) is 12.3 Å². The number of carbonyl (C=O) groups excluding carboxylic acids is 1. The van der Waals surface area contributed by atoms with Crippen molar-refractivity contribution < 1.29 is 4.79 Å². The number of anilines is 1. The molecule has 0 aromatic carbocycles. The standard InChI is InChI=1S/C13H20N2OS/c1-9-11(14)7-12(17-9)13(16)15-8-10-5-3-2-4-6-10/h7,10H,2-6,8,14H2,1H3,(H,15,16). The van der Waals surface area contributed by atoms with Crippen LogP contribution in [0.2, 0.25) is 0 Å². The smallest absolute Gasteiger partial charge is 0.261 e. The van der Waals surface area contributed by atoms with Crippen LogP contribution in [0, 0.1) is 12.8 Å². The molecule has 0 radical (unpaired) electrons. The summed E-state index contributed by atoms with van der Waals surface area (Å²) in [7, 11) is 0. The average molecular weight is 252 g/mol. The van der Waals surface area contributed by atoms with Crippen LogP contribution < -0.4 is 11.1 Å². The Balaban J connectivity index is 1.84. The maximum atomic E-state index is 11.9. The highest BCUT2D eigenvalue weighted by Gasteiger charge is 2.16. The molecule has 0 unspecified atom stereocenters. The van der Waals surface area contributed by atoms with Gasteiger partial charge in [-0.1, -0.05) is 19.3 Å². The van der Waals surface area contributed by atoms with Gasteiger partial charge in [-0.05, 0) is 31.7 Å². The van der Waals surface area contributed by atoms with Gasteiger partial charge in [0.1, 0.15) is 0 Å². The summed E-state index contributed by atoms with van der Waals surface area (Å²) in [4.78, 5) is 13.6. The van der Waals surface area contributed by atoms with Crippen molar-refractivity contribution in [3.63, 3.8) is 0 Å². The van der Waals surface area contributed by atoms with E-state index in [4.69, 9.17) is 5.73 Å². The second kappa shape index (κ2) is 5.54. The SMILES string of the molecule is Cc1sc(C(=O)NCC2CCCCC2)cc1N. The molecule has 3 nitrogen and oxygen atoms in total. The van der Waals surface area contributed by atoms with Crippen molar-refractivity contribution in [3.05, 3.63) is 15.8 Å². The maximum Gasteiger partial charge on any atom is 0.261 e. The van der Waals surface area contributed by atoms with Crippen LogP contribution in [0.4, 0.5) is 5.69 Å². The highest BCUT2D eigenvalue weighted by Crippen LogP contribution is 2.25. The van der Waals surface area contributed by atoms with Crippen molar-refractivity contribution in [3.8, 4) is 0 Å². The van der Waals surface area contributed by atoms with E-state index in [-0.39, 0.29) is 5.91 Å². The summed E-state index contributed by atoms with van der Waals surface area (Å²) < 4.78 is 0. The number of aryl methyl sites for hydroxylation is 1. The molecule has 1 aliphatic carbocycles. The first-order valence-electron chi connectivity index (χ1n) is 6.31. The van der Waals surface area contributed by atoms with Crippen LogP contribution in [0.1, 0.15) is 46.7 Å². The Kier molecular flexibility index (Phi) is 4.05. The van der Waals surface area contributed by atoms with Crippen LogP contribution in [-0.4, -0.2) is 12.5 Å². The molecule has 3 N–H and O–H groups in total. The van der Waals surface area contributed by atoms with Gasteiger partial charge in [0.15, 0.2) is 0 Å². The molecule has 1 aliphatic rings. The van der Waals surface area contributed by atoms with Crippen LogP contribution >= 0.6 is 11.3 Å². The van der Waals surface area contributed by atoms with E-state index in [1.807, 2.05) is 6.92 Å². The molecule has 0 spiro atoms. The zero-order valence-electron chi connectivity index (χ0n) is 10.3. The van der Waals surface area contributed by atoms with Gasteiger partial charge in [-0.25, -0.2) is 0 Å². The topological polar surface area (TPSA) is 55.1 Å². The Morgan fingerprint density at radius 2 is 2.18 bits per heavy atom. The lowest BCUT2D eigenvalue weighted by molar-refractivity contribution is 0.0947. The summed E-state index contributed by atoms with van der Waals surface area (Å²) >= 11 is 1.47. The number of rotatable bonds is 3. The minimum absolute atomic E-state index is 0.0281. The Bertz CT molecular complexity index is 375. The minimum Gasteiger partial charge on any atom is -0.398 e. The quantitative estimate of drug-likeness (QED) is 0.869. The molecular weight excluding hydrogens is 232 g/mol. The van der Waals surface area contributed by atoms with Gasteiger partial charge >= 0.3 is 0 Å². The van der Waals surface area contributed by atoms with Gasteiger partial charge in [-0.3, -0.25) is 4.79 Å². The molecule has 4 heteroatoms. The average Bonchev–Trinajstić information content (AvgIpc) is 2.68. The predicted molar refractivity (Wildman–Crippen MR) is 72.4 cm³/mol. The van der Waals surface area contributed by atoms with Gasteiger partial charge in [0, 0.05) is 17.1 Å². The lowest BCUT2D eigenvalue weighted by Crippen LogP contribution is -2.29. The lowest BCUT2D eigenvalue weighted by Gasteiger charge is -2.21. The first kappa shape index (κ1) is 12.4. The Hall–Kier alpha value is -1.03. The van der Waals surface area contributed by atoms with E-state index in [9.17, 15) is 4.79 Å². The lowest BCUT2D eigenvalue weighted by atomic mass is 9.89. The number of nitrogen functional groups attached to an aromatic ring is 1. The molecular formula is C13H20N2OS. The molecule has 1 heterocycles. The zero-order chi connectivity index (χ0) is 12.3. The van der Waals surface area contributed by atoms with Gasteiger partial charge in [0.2, 0.25) is 0 Å². The molecule has 2 rings (SSSR count). The highest BCUT2D eigenvalue weighted by atomic mass is 32.1. The summed E-state index contributed by atoms with van der Waals surface area (Å²) in [5, 5.41) is 3.03. The number of hydrogen-bond acceptors (Lipinski definition) is 3. The molecule has 1 amide bonds. The third-order valence-electron chi connectivity index (χ3n) is 3.46. The number of nitrogens with two attached hydrogens (primary N) is 1. The van der Waals surface area contributed by atoms with Gasteiger partial charge in [0.25, 0.3) is 5.91 Å². The van der Waals surface area contributed by atoms with Crippen molar-refractivity contribution in [2.24, 2.45) is 5.92 Å². The molecule has 94 valence electrons. The highest BCUT2D eigenvalue weighted by molar-refractivity contribution is 7.14. The molecule has 0 saturated heterocycles. The van der Waals surface area contributed by atoms with Gasteiger partial charge in [-0.15, -0.1) is 11.3 Å². The molecule has 1 saturated carbocycles. The molecule has 1 aromatic rings. The number of hydrogen-bond donors (Lipinski definition) is 2. The third-order valence-corrected chi connectivity index (χ3v) is 4.52. The molecule has 17 heavy (non-hydrogen) atoms. The number of amides is 1. The Morgan fingerprint density at radius 1 is 1.47 bits per heavy atom. The van der Waals surface area contributed by atoms with Crippen LogP contribution in [0.25, 0.3) is 0 Å². The van der Waals surface area contributed by atoms with Crippen molar-refractivity contribution in [2.45, 2.75) is 39.0 Å². The predicted octanol–water partition coefficient (Wildman–Crippen LogP) is 2.95. The molecule has 0 aliphatic heterocycles. The number of carbonyl (C=O) groups is 1. The third kappa shape index (κ3) is 3.22. The van der Waals surface area contributed by atoms with E-state index in [1.54, 1.807) is 6.07 Å². The number of nitrogens with one attached hydrogen (secondary N) is 1. The second-order valence-electron chi connectivity index (χ2n) is 4.84. The van der Waals surface area contributed by atoms with Crippen molar-refractivity contribution in [1.82, 2.24) is 5.32 Å². The monoisotopic (exact) mass is 252 g/mol. The van der Waals surface area contributed by atoms with E-state index in [2.05, 4.69) is 5.32 Å². The fraction of sp³-hybridized carbons (Fsp3) is 0.615.